The summed E-state index contributed by atoms with van der Waals surface area (Å²) in [5, 5.41) is 0. The van der Waals surface area contributed by atoms with Crippen LogP contribution < -0.4 is 0 Å². The van der Waals surface area contributed by atoms with Crippen LogP contribution in [0.3, 0.4) is 0 Å². The van der Waals surface area contributed by atoms with E-state index >= 15 is 0 Å². The molecule has 5 heteroatoms. The second-order valence-corrected chi connectivity index (χ2v) is 3.86. The third-order valence-corrected chi connectivity index (χ3v) is 2.89. The summed E-state index contributed by atoms with van der Waals surface area (Å²) in [6, 6.07) is 6.01. The van der Waals surface area contributed by atoms with Gasteiger partial charge in [-0.3, -0.25) is 0 Å². The van der Waals surface area contributed by atoms with E-state index in [0.717, 1.165) is 22.4 Å². The molecule has 0 fully saturated rings. The van der Waals surface area contributed by atoms with Gasteiger partial charge in [-0.05, 0) is 18.2 Å². The zero-order valence-electron chi connectivity index (χ0n) is 8.08. The lowest BCUT2D eigenvalue weighted by Gasteiger charge is -2.00. The minimum Gasteiger partial charge on any atom is -0.334 e. The van der Waals surface area contributed by atoms with E-state index in [4.69, 9.17) is 0 Å². The highest BCUT2D eigenvalue weighted by molar-refractivity contribution is 7.00. The Bertz CT molecular complexity index is 610. The average Bonchev–Trinajstić information content (AvgIpc) is 2.84. The lowest BCUT2D eigenvalue weighted by Crippen LogP contribution is -1.90. The second-order valence-electron chi connectivity index (χ2n) is 3.33. The Morgan fingerprint density at radius 1 is 1.20 bits per heavy atom. The predicted octanol–water partition coefficient (Wildman–Crippen LogP) is 2.09. The minimum absolute atomic E-state index is 0.931. The molecule has 15 heavy (non-hydrogen) atoms. The molecule has 0 N–H and O–H groups in total. The second kappa shape index (κ2) is 3.13. The van der Waals surface area contributed by atoms with Crippen LogP contribution in [0, 0.1) is 0 Å². The van der Waals surface area contributed by atoms with Crippen molar-refractivity contribution in [2.45, 2.75) is 0 Å². The monoisotopic (exact) mass is 216 g/mol. The van der Waals surface area contributed by atoms with Crippen LogP contribution in [0.15, 0.2) is 30.6 Å². The van der Waals surface area contributed by atoms with Crippen LogP contribution >= 0.6 is 11.7 Å². The maximum atomic E-state index is 4.30. The molecular weight excluding hydrogens is 208 g/mol. The molecular formula is C10H8N4S. The summed E-state index contributed by atoms with van der Waals surface area (Å²) in [6.45, 7) is 0. The van der Waals surface area contributed by atoms with Crippen LogP contribution in [-0.2, 0) is 7.05 Å². The quantitative estimate of drug-likeness (QED) is 0.625. The molecule has 0 aliphatic rings. The van der Waals surface area contributed by atoms with E-state index in [1.165, 1.54) is 11.7 Å². The number of fused-ring (bicyclic) bond motifs is 1. The van der Waals surface area contributed by atoms with Gasteiger partial charge in [0.05, 0.1) is 11.7 Å². The van der Waals surface area contributed by atoms with E-state index in [1.54, 1.807) is 6.20 Å². The summed E-state index contributed by atoms with van der Waals surface area (Å²) in [5.41, 5.74) is 2.95. The van der Waals surface area contributed by atoms with Crippen LogP contribution in [0.4, 0.5) is 0 Å². The summed E-state index contributed by atoms with van der Waals surface area (Å²) >= 11 is 1.24. The fourth-order valence-corrected chi connectivity index (χ4v) is 2.08. The Balaban J connectivity index is 2.23. The molecule has 0 aliphatic carbocycles. The summed E-state index contributed by atoms with van der Waals surface area (Å²) in [4.78, 5) is 4.30. The Hall–Kier alpha value is -1.75. The molecule has 0 unspecified atom stereocenters. The van der Waals surface area contributed by atoms with E-state index < -0.39 is 0 Å². The molecule has 4 nitrogen and oxygen atoms in total. The molecule has 0 saturated carbocycles. The highest BCUT2D eigenvalue weighted by Crippen LogP contribution is 2.21. The summed E-state index contributed by atoms with van der Waals surface area (Å²) in [5.74, 6) is 0.949. The van der Waals surface area contributed by atoms with Crippen molar-refractivity contribution in [2.24, 2.45) is 7.05 Å². The molecule has 0 atom stereocenters. The number of nitrogens with zero attached hydrogens (tertiary/aromatic N) is 4. The van der Waals surface area contributed by atoms with Crippen molar-refractivity contribution in [2.75, 3.05) is 0 Å². The molecule has 1 aromatic carbocycles. The molecule has 0 radical (unpaired) electrons. The van der Waals surface area contributed by atoms with E-state index in [-0.39, 0.29) is 0 Å². The van der Waals surface area contributed by atoms with Gasteiger partial charge in [0.2, 0.25) is 0 Å². The van der Waals surface area contributed by atoms with Crippen LogP contribution in [0.25, 0.3) is 22.4 Å². The zero-order chi connectivity index (χ0) is 10.3. The largest absolute Gasteiger partial charge is 0.334 e. The van der Waals surface area contributed by atoms with Gasteiger partial charge in [-0.15, -0.1) is 0 Å². The normalized spacial score (nSPS) is 11.0. The first-order valence-electron chi connectivity index (χ1n) is 4.54. The summed E-state index contributed by atoms with van der Waals surface area (Å²) < 4.78 is 10.4. The molecule has 0 amide bonds. The number of aromatic nitrogens is 4. The van der Waals surface area contributed by atoms with E-state index in [1.807, 2.05) is 36.0 Å². The van der Waals surface area contributed by atoms with Crippen molar-refractivity contribution in [3.05, 3.63) is 30.6 Å². The van der Waals surface area contributed by atoms with Crippen LogP contribution in [-0.4, -0.2) is 18.3 Å². The number of hydrogen-bond donors (Lipinski definition) is 0. The van der Waals surface area contributed by atoms with Crippen molar-refractivity contribution in [3.63, 3.8) is 0 Å². The van der Waals surface area contributed by atoms with Crippen LogP contribution in [0.2, 0.25) is 0 Å². The van der Waals surface area contributed by atoms with Gasteiger partial charge in [0, 0.05) is 25.0 Å². The molecule has 2 heterocycles. The van der Waals surface area contributed by atoms with Crippen molar-refractivity contribution in [3.8, 4) is 11.4 Å². The summed E-state index contributed by atoms with van der Waals surface area (Å²) in [7, 11) is 1.98. The van der Waals surface area contributed by atoms with Crippen molar-refractivity contribution in [1.82, 2.24) is 18.3 Å². The van der Waals surface area contributed by atoms with Crippen molar-refractivity contribution >= 4 is 22.8 Å². The molecule has 0 bridgehead atoms. The van der Waals surface area contributed by atoms with Gasteiger partial charge in [-0.1, -0.05) is 0 Å². The number of rotatable bonds is 1. The molecule has 0 saturated heterocycles. The topological polar surface area (TPSA) is 43.6 Å². The number of imidazole rings is 1. The first-order valence-corrected chi connectivity index (χ1v) is 5.27. The van der Waals surface area contributed by atoms with Crippen molar-refractivity contribution in [1.29, 1.82) is 0 Å². The minimum atomic E-state index is 0.931. The lowest BCUT2D eigenvalue weighted by molar-refractivity contribution is 0.925. The maximum Gasteiger partial charge on any atom is 0.139 e. The fraction of sp³-hybridized carbons (Fsp3) is 0.100. The molecule has 74 valence electrons. The maximum absolute atomic E-state index is 4.30. The third-order valence-electron chi connectivity index (χ3n) is 2.33. The average molecular weight is 216 g/mol. The first-order chi connectivity index (χ1) is 7.34. The fourth-order valence-electron chi connectivity index (χ4n) is 1.56. The Morgan fingerprint density at radius 3 is 2.87 bits per heavy atom. The molecule has 0 spiro atoms. The molecule has 2 aromatic heterocycles. The van der Waals surface area contributed by atoms with Gasteiger partial charge in [0.25, 0.3) is 0 Å². The van der Waals surface area contributed by atoms with Crippen LogP contribution in [0.1, 0.15) is 0 Å². The lowest BCUT2D eigenvalue weighted by atomic mass is 10.2. The number of hydrogen-bond acceptors (Lipinski definition) is 4. The summed E-state index contributed by atoms with van der Waals surface area (Å²) in [6.07, 6.45) is 3.72. The first kappa shape index (κ1) is 8.55. The number of aryl methyl sites for hydroxylation is 1. The van der Waals surface area contributed by atoms with Gasteiger partial charge in [0.15, 0.2) is 0 Å². The van der Waals surface area contributed by atoms with E-state index in [0.29, 0.717) is 0 Å². The van der Waals surface area contributed by atoms with Gasteiger partial charge in [-0.2, -0.15) is 8.75 Å². The Morgan fingerprint density at radius 2 is 2.07 bits per heavy atom. The van der Waals surface area contributed by atoms with Gasteiger partial charge in [-0.25, -0.2) is 4.98 Å². The van der Waals surface area contributed by atoms with Crippen molar-refractivity contribution < 1.29 is 0 Å². The standard InChI is InChI=1S/C10H8N4S/c1-14-5-4-11-10(14)7-2-3-8-9(6-7)13-15-12-8/h2-6H,1H3. The Kier molecular flexibility index (Phi) is 1.78. The molecule has 0 aliphatic heterocycles. The number of benzene rings is 1. The van der Waals surface area contributed by atoms with Gasteiger partial charge >= 0.3 is 0 Å². The molecule has 3 rings (SSSR count). The third kappa shape index (κ3) is 1.32. The zero-order valence-corrected chi connectivity index (χ0v) is 8.90. The van der Waals surface area contributed by atoms with Gasteiger partial charge < -0.3 is 4.57 Å². The smallest absolute Gasteiger partial charge is 0.139 e. The highest BCUT2D eigenvalue weighted by Gasteiger charge is 2.05. The Labute approximate surface area is 90.5 Å². The van der Waals surface area contributed by atoms with E-state index in [9.17, 15) is 0 Å². The highest BCUT2D eigenvalue weighted by atomic mass is 32.1. The van der Waals surface area contributed by atoms with E-state index in [2.05, 4.69) is 13.7 Å². The molecule has 3 aromatic rings. The van der Waals surface area contributed by atoms with Gasteiger partial charge in [0.1, 0.15) is 16.9 Å². The SMILES string of the molecule is Cn1ccnc1-c1ccc2nsnc2c1. The van der Waals surface area contributed by atoms with Crippen LogP contribution in [0.5, 0.6) is 0 Å². The predicted molar refractivity (Wildman–Crippen MR) is 59.6 cm³/mol.